The number of hydrogen-bond donors (Lipinski definition) is 1. The zero-order valence-electron chi connectivity index (χ0n) is 16.6. The van der Waals surface area contributed by atoms with Crippen LogP contribution >= 0.6 is 15.9 Å². The van der Waals surface area contributed by atoms with E-state index >= 15 is 0 Å². The number of benzene rings is 2. The number of anilines is 2. The van der Waals surface area contributed by atoms with Crippen LogP contribution in [-0.2, 0) is 14.4 Å². The third-order valence-electron chi connectivity index (χ3n) is 4.88. The summed E-state index contributed by atoms with van der Waals surface area (Å²) in [5, 5.41) is 11.8. The average Bonchev–Trinajstić information content (AvgIpc) is 3.28. The van der Waals surface area contributed by atoms with Crippen molar-refractivity contribution in [1.82, 2.24) is 5.01 Å². The van der Waals surface area contributed by atoms with Crippen molar-refractivity contribution in [3.63, 3.8) is 0 Å². The highest BCUT2D eigenvalue weighted by molar-refractivity contribution is 9.10. The molecule has 0 radical (unpaired) electrons. The summed E-state index contributed by atoms with van der Waals surface area (Å²) in [6.45, 7) is -0.253. The van der Waals surface area contributed by atoms with E-state index in [2.05, 4.69) is 31.6 Å². The first kappa shape index (κ1) is 20.8. The van der Waals surface area contributed by atoms with E-state index in [0.29, 0.717) is 22.9 Å². The Kier molecular flexibility index (Phi) is 5.59. The Bertz CT molecular complexity index is 1050. The van der Waals surface area contributed by atoms with Crippen LogP contribution in [0.4, 0.5) is 11.4 Å². The predicted molar refractivity (Wildman–Crippen MR) is 114 cm³/mol. The molecule has 0 bridgehead atoms. The van der Waals surface area contributed by atoms with Gasteiger partial charge < -0.3 is 14.8 Å². The van der Waals surface area contributed by atoms with Crippen molar-refractivity contribution in [2.45, 2.75) is 12.1 Å². The number of carbonyl (C=O) groups is 3. The largest absolute Gasteiger partial charge is 0.497 e. The summed E-state index contributed by atoms with van der Waals surface area (Å²) in [5.74, 6) is -0.355. The van der Waals surface area contributed by atoms with E-state index in [9.17, 15) is 14.4 Å². The maximum Gasteiger partial charge on any atom is 0.263 e. The third-order valence-corrected chi connectivity index (χ3v) is 5.41. The van der Waals surface area contributed by atoms with Crippen LogP contribution in [0.15, 0.2) is 57.3 Å². The van der Waals surface area contributed by atoms with Gasteiger partial charge >= 0.3 is 0 Å². The Labute approximate surface area is 185 Å². The van der Waals surface area contributed by atoms with Crippen LogP contribution in [0.25, 0.3) is 0 Å². The highest BCUT2D eigenvalue weighted by Crippen LogP contribution is 2.32. The molecule has 3 amide bonds. The fourth-order valence-electron chi connectivity index (χ4n) is 3.43. The summed E-state index contributed by atoms with van der Waals surface area (Å²) in [5.41, 5.74) is 0.898. The van der Waals surface area contributed by atoms with Crippen LogP contribution in [0.1, 0.15) is 0 Å². The molecule has 2 aliphatic heterocycles. The minimum Gasteiger partial charge on any atom is -0.497 e. The molecule has 2 heterocycles. The van der Waals surface area contributed by atoms with Crippen molar-refractivity contribution >= 4 is 45.0 Å². The number of hydrogen-bond acceptors (Lipinski definition) is 8. The van der Waals surface area contributed by atoms with Gasteiger partial charge in [-0.25, -0.2) is 4.90 Å². The topological polar surface area (TPSA) is 113 Å². The summed E-state index contributed by atoms with van der Waals surface area (Å²) in [6, 6.07) is 9.80. The molecule has 160 valence electrons. The molecule has 2 aromatic rings. The number of amides is 3. The fraction of sp³-hybridized carbons (Fsp3) is 0.250. The fourth-order valence-corrected chi connectivity index (χ4v) is 3.69. The Morgan fingerprint density at radius 3 is 2.32 bits per heavy atom. The number of carbonyl (C=O) groups excluding carboxylic acids is 3. The Morgan fingerprint density at radius 1 is 1.06 bits per heavy atom. The molecule has 10 nitrogen and oxygen atoms in total. The van der Waals surface area contributed by atoms with Crippen molar-refractivity contribution < 1.29 is 23.9 Å². The third kappa shape index (κ3) is 3.96. The second kappa shape index (κ2) is 8.34. The average molecular weight is 488 g/mol. The van der Waals surface area contributed by atoms with Crippen LogP contribution in [0, 0.1) is 0 Å². The molecule has 1 fully saturated rings. The molecule has 0 saturated carbocycles. The number of ether oxygens (including phenoxy) is 2. The van der Waals surface area contributed by atoms with Crippen LogP contribution in [-0.4, -0.2) is 55.6 Å². The van der Waals surface area contributed by atoms with Gasteiger partial charge in [-0.3, -0.25) is 19.4 Å². The first-order valence-electron chi connectivity index (χ1n) is 9.25. The molecule has 0 unspecified atom stereocenters. The Morgan fingerprint density at radius 2 is 1.71 bits per heavy atom. The molecular weight excluding hydrogens is 470 g/mol. The van der Waals surface area contributed by atoms with Gasteiger partial charge in [-0.2, -0.15) is 5.11 Å². The van der Waals surface area contributed by atoms with Gasteiger partial charge in [0.15, 0.2) is 12.1 Å². The summed E-state index contributed by atoms with van der Waals surface area (Å²) < 4.78 is 11.2. The van der Waals surface area contributed by atoms with Crippen molar-refractivity contribution in [2.75, 3.05) is 31.0 Å². The molecule has 2 atom stereocenters. The zero-order chi connectivity index (χ0) is 22.1. The van der Waals surface area contributed by atoms with Gasteiger partial charge in [-0.05, 0) is 24.3 Å². The lowest BCUT2D eigenvalue weighted by Crippen LogP contribution is -2.43. The Balaban J connectivity index is 1.48. The van der Waals surface area contributed by atoms with Crippen LogP contribution < -0.4 is 19.7 Å². The van der Waals surface area contributed by atoms with E-state index in [1.54, 1.807) is 42.5 Å². The molecule has 11 heteroatoms. The lowest BCUT2D eigenvalue weighted by atomic mass is 10.1. The second-order valence-corrected chi connectivity index (χ2v) is 7.75. The first-order chi connectivity index (χ1) is 14.9. The molecule has 2 aromatic carbocycles. The van der Waals surface area contributed by atoms with E-state index in [0.717, 1.165) is 9.37 Å². The van der Waals surface area contributed by atoms with Gasteiger partial charge in [-0.1, -0.05) is 21.2 Å². The molecule has 1 saturated heterocycles. The smallest absolute Gasteiger partial charge is 0.263 e. The van der Waals surface area contributed by atoms with Crippen LogP contribution in [0.2, 0.25) is 0 Å². The first-order valence-corrected chi connectivity index (χ1v) is 10.0. The maximum absolute atomic E-state index is 13.0. The molecule has 0 spiro atoms. The second-order valence-electron chi connectivity index (χ2n) is 6.83. The van der Waals surface area contributed by atoms with Gasteiger partial charge in [0.05, 0.1) is 19.9 Å². The summed E-state index contributed by atoms with van der Waals surface area (Å²) in [6.07, 6.45) is 0. The summed E-state index contributed by atoms with van der Waals surface area (Å²) in [7, 11) is 3.01. The summed E-state index contributed by atoms with van der Waals surface area (Å²) in [4.78, 5) is 39.4. The van der Waals surface area contributed by atoms with E-state index < -0.39 is 29.8 Å². The number of nitrogens with one attached hydrogen (secondary N) is 1. The normalized spacial score (nSPS) is 19.6. The zero-order valence-corrected chi connectivity index (χ0v) is 18.2. The van der Waals surface area contributed by atoms with Crippen LogP contribution in [0.3, 0.4) is 0 Å². The number of fused-ring (bicyclic) bond motifs is 1. The minimum atomic E-state index is -0.971. The van der Waals surface area contributed by atoms with E-state index in [4.69, 9.17) is 9.47 Å². The monoisotopic (exact) mass is 487 g/mol. The predicted octanol–water partition coefficient (Wildman–Crippen LogP) is 2.40. The highest BCUT2D eigenvalue weighted by atomic mass is 79.9. The van der Waals surface area contributed by atoms with Crippen molar-refractivity contribution in [2.24, 2.45) is 10.3 Å². The standard InChI is InChI=1S/C20H18BrN5O5/c1-30-14-7-12(8-15(9-14)31-2)22-16(27)10-25-18-17(23-24-25)19(28)26(20(18)29)13-5-3-11(21)4-6-13/h3-9,17-18H,10H2,1-2H3,(H,22,27)/t17-,18-/m0/s1. The Hall–Kier alpha value is -3.47. The van der Waals surface area contributed by atoms with Crippen molar-refractivity contribution in [3.05, 3.63) is 46.9 Å². The lowest BCUT2D eigenvalue weighted by molar-refractivity contribution is -0.123. The molecule has 1 N–H and O–H groups in total. The number of rotatable bonds is 6. The van der Waals surface area contributed by atoms with E-state index in [-0.39, 0.29) is 6.54 Å². The molecule has 2 aliphatic rings. The van der Waals surface area contributed by atoms with E-state index in [1.807, 2.05) is 0 Å². The number of halogens is 1. The van der Waals surface area contributed by atoms with Gasteiger partial charge in [-0.15, -0.1) is 0 Å². The molecule has 31 heavy (non-hydrogen) atoms. The molecule has 0 aliphatic carbocycles. The van der Waals surface area contributed by atoms with Crippen LogP contribution in [0.5, 0.6) is 11.5 Å². The minimum absolute atomic E-state index is 0.253. The van der Waals surface area contributed by atoms with Gasteiger partial charge in [0, 0.05) is 28.4 Å². The van der Waals surface area contributed by atoms with Gasteiger partial charge in [0.25, 0.3) is 11.8 Å². The highest BCUT2D eigenvalue weighted by Gasteiger charge is 2.55. The van der Waals surface area contributed by atoms with Gasteiger partial charge in [0.1, 0.15) is 18.0 Å². The molecular formula is C20H18BrN5O5. The SMILES string of the molecule is COc1cc(NC(=O)CN2N=N[C@@H]3C(=O)N(c4ccc(Br)cc4)C(=O)[C@H]32)cc(OC)c1. The number of nitrogens with zero attached hydrogens (tertiary/aromatic N) is 4. The molecule has 4 rings (SSSR count). The number of imide groups is 1. The quantitative estimate of drug-likeness (QED) is 0.625. The van der Waals surface area contributed by atoms with Crippen molar-refractivity contribution in [1.29, 1.82) is 0 Å². The molecule has 0 aromatic heterocycles. The van der Waals surface area contributed by atoms with Gasteiger partial charge in [0.2, 0.25) is 5.91 Å². The summed E-state index contributed by atoms with van der Waals surface area (Å²) >= 11 is 3.32. The van der Waals surface area contributed by atoms with E-state index in [1.165, 1.54) is 19.2 Å². The maximum atomic E-state index is 13.0. The van der Waals surface area contributed by atoms with Crippen molar-refractivity contribution in [3.8, 4) is 11.5 Å². The lowest BCUT2D eigenvalue weighted by Gasteiger charge is -2.20. The number of methoxy groups -OCH3 is 2.